The summed E-state index contributed by atoms with van der Waals surface area (Å²) in [7, 11) is 1.29. The van der Waals surface area contributed by atoms with Crippen molar-refractivity contribution in [3.8, 4) is 6.07 Å². The number of nitrogens with one attached hydrogen (secondary N) is 1. The Morgan fingerprint density at radius 1 is 1.09 bits per heavy atom. The van der Waals surface area contributed by atoms with Gasteiger partial charge >= 0.3 is 6.18 Å². The van der Waals surface area contributed by atoms with Gasteiger partial charge in [-0.15, -0.1) is 0 Å². The molecule has 44 heavy (non-hydrogen) atoms. The van der Waals surface area contributed by atoms with Gasteiger partial charge in [0.1, 0.15) is 24.4 Å². The molecule has 4 rings (SSSR count). The summed E-state index contributed by atoms with van der Waals surface area (Å²) in [6, 6.07) is 6.38. The zero-order valence-corrected chi connectivity index (χ0v) is 23.0. The number of carbonyl (C=O) groups excluding carboxylic acids is 2. The Morgan fingerprint density at radius 3 is 2.41 bits per heavy atom. The maximum atomic E-state index is 14.1. The number of rotatable bonds is 8. The van der Waals surface area contributed by atoms with Crippen molar-refractivity contribution in [2.75, 3.05) is 18.5 Å². The first kappa shape index (κ1) is 32.2. The van der Waals surface area contributed by atoms with E-state index in [-0.39, 0.29) is 27.7 Å². The van der Waals surface area contributed by atoms with Gasteiger partial charge in [-0.05, 0) is 42.5 Å². The molecule has 1 heterocycles. The molecular weight excluding hydrogens is 626 g/mol. The van der Waals surface area contributed by atoms with Crippen LogP contribution in [-0.4, -0.2) is 40.5 Å². The van der Waals surface area contributed by atoms with Crippen molar-refractivity contribution in [2.45, 2.75) is 19.1 Å². The summed E-state index contributed by atoms with van der Waals surface area (Å²) in [6.45, 7) is -2.48. The van der Waals surface area contributed by atoms with Gasteiger partial charge in [-0.1, -0.05) is 11.6 Å². The molecule has 0 atom stereocenters. The van der Waals surface area contributed by atoms with Gasteiger partial charge in [0, 0.05) is 18.2 Å². The number of nitriles is 1. The number of nitrogens with zero attached hydrogens (tertiary/aromatic N) is 4. The normalized spacial score (nSPS) is 12.2. The molecule has 3 aromatic carbocycles. The van der Waals surface area contributed by atoms with Crippen molar-refractivity contribution >= 4 is 40.0 Å². The second-order valence-corrected chi connectivity index (χ2v) is 9.63. The van der Waals surface area contributed by atoms with Crippen molar-refractivity contribution in [3.63, 3.8) is 0 Å². The van der Waals surface area contributed by atoms with Gasteiger partial charge < -0.3 is 14.5 Å². The lowest BCUT2D eigenvalue weighted by Gasteiger charge is -2.16. The molecule has 1 amide bonds. The third kappa shape index (κ3) is 6.30. The van der Waals surface area contributed by atoms with Crippen LogP contribution in [0, 0.1) is 23.0 Å². The summed E-state index contributed by atoms with van der Waals surface area (Å²) in [6.07, 6.45) is -8.04. The maximum Gasteiger partial charge on any atom is 0.416 e. The third-order valence-corrected chi connectivity index (χ3v) is 6.68. The minimum absolute atomic E-state index is 0.150. The van der Waals surface area contributed by atoms with Crippen LogP contribution in [0.5, 0.6) is 0 Å². The Hall–Kier alpha value is -4.71. The average Bonchev–Trinajstić information content (AvgIpc) is 3.20. The SMILES string of the molecule is Cn1c(=NCCF)n(CC(F)F)c2cc(NC(=O)c3cc(F)cc(C(F)(F)F)c3)c(C(=O)c3cc(F)ccc3Cl)c(C#N)c21. The number of halogens is 9. The number of alkyl halides is 6. The van der Waals surface area contributed by atoms with Crippen LogP contribution in [0.1, 0.15) is 37.4 Å². The van der Waals surface area contributed by atoms with Gasteiger partial charge in [0.05, 0.1) is 51.5 Å². The fourth-order valence-corrected chi connectivity index (χ4v) is 4.78. The highest BCUT2D eigenvalue weighted by Gasteiger charge is 2.33. The minimum atomic E-state index is -5.04. The number of amides is 1. The van der Waals surface area contributed by atoms with E-state index in [1.807, 2.05) is 0 Å². The van der Waals surface area contributed by atoms with E-state index in [0.717, 1.165) is 33.4 Å². The molecule has 7 nitrogen and oxygen atoms in total. The Bertz CT molecular complexity index is 1910. The van der Waals surface area contributed by atoms with Gasteiger partial charge in [-0.25, -0.2) is 26.9 Å². The van der Waals surface area contributed by atoms with Gasteiger partial charge in [0.15, 0.2) is 5.78 Å². The molecule has 1 N–H and O–H groups in total. The Morgan fingerprint density at radius 2 is 1.80 bits per heavy atom. The number of ketones is 1. The highest BCUT2D eigenvalue weighted by molar-refractivity contribution is 6.35. The van der Waals surface area contributed by atoms with E-state index in [1.165, 1.54) is 7.05 Å². The van der Waals surface area contributed by atoms with E-state index in [0.29, 0.717) is 12.1 Å². The Labute approximate surface area is 247 Å². The van der Waals surface area contributed by atoms with Crippen LogP contribution >= 0.6 is 11.6 Å². The zero-order chi connectivity index (χ0) is 32.5. The zero-order valence-electron chi connectivity index (χ0n) is 22.2. The molecule has 0 spiro atoms. The molecule has 1 aromatic heterocycles. The highest BCUT2D eigenvalue weighted by Crippen LogP contribution is 2.34. The van der Waals surface area contributed by atoms with Crippen LogP contribution in [0.4, 0.5) is 40.8 Å². The topological polar surface area (TPSA) is 92.2 Å². The molecule has 0 aliphatic heterocycles. The fourth-order valence-electron chi connectivity index (χ4n) is 4.57. The average molecular weight is 644 g/mol. The van der Waals surface area contributed by atoms with Crippen molar-refractivity contribution in [1.82, 2.24) is 9.13 Å². The number of imidazole rings is 1. The number of aromatic nitrogens is 2. The first-order valence-electron chi connectivity index (χ1n) is 12.4. The van der Waals surface area contributed by atoms with Gasteiger partial charge in [0.25, 0.3) is 12.3 Å². The lowest BCUT2D eigenvalue weighted by molar-refractivity contribution is -0.137. The van der Waals surface area contributed by atoms with Gasteiger partial charge in [-0.2, -0.15) is 18.4 Å². The van der Waals surface area contributed by atoms with Crippen LogP contribution < -0.4 is 10.9 Å². The molecule has 0 aliphatic rings. The van der Waals surface area contributed by atoms with Crippen LogP contribution in [0.2, 0.25) is 5.02 Å². The molecular formula is C28H18ClF8N5O2. The molecule has 0 saturated heterocycles. The smallest absolute Gasteiger partial charge is 0.321 e. The third-order valence-electron chi connectivity index (χ3n) is 6.35. The van der Waals surface area contributed by atoms with E-state index in [1.54, 1.807) is 6.07 Å². The number of carbonyl (C=O) groups is 2. The number of fused-ring (bicyclic) bond motifs is 1. The van der Waals surface area contributed by atoms with E-state index < -0.39 is 89.2 Å². The molecule has 0 aliphatic carbocycles. The quantitative estimate of drug-likeness (QED) is 0.177. The second kappa shape index (κ2) is 12.5. The van der Waals surface area contributed by atoms with E-state index in [2.05, 4.69) is 10.3 Å². The maximum absolute atomic E-state index is 14.1. The second-order valence-electron chi connectivity index (χ2n) is 9.22. The summed E-state index contributed by atoms with van der Waals surface area (Å²) >= 11 is 6.11. The summed E-state index contributed by atoms with van der Waals surface area (Å²) in [5, 5.41) is 12.1. The molecule has 0 radical (unpaired) electrons. The van der Waals surface area contributed by atoms with Crippen LogP contribution in [0.3, 0.4) is 0 Å². The summed E-state index contributed by atoms with van der Waals surface area (Å²) in [5.74, 6) is -4.85. The van der Waals surface area contributed by atoms with E-state index in [9.17, 15) is 50.0 Å². The Balaban J connectivity index is 2.07. The first-order chi connectivity index (χ1) is 20.7. The molecule has 0 fully saturated rings. The summed E-state index contributed by atoms with van der Waals surface area (Å²) < 4.78 is 110. The molecule has 230 valence electrons. The predicted molar refractivity (Wildman–Crippen MR) is 142 cm³/mol. The molecule has 4 aromatic rings. The van der Waals surface area contributed by atoms with Crippen LogP contribution in [0.15, 0.2) is 47.5 Å². The van der Waals surface area contributed by atoms with Crippen molar-refractivity contribution in [1.29, 1.82) is 5.26 Å². The largest absolute Gasteiger partial charge is 0.416 e. The summed E-state index contributed by atoms with van der Waals surface area (Å²) in [4.78, 5) is 30.9. The lowest BCUT2D eigenvalue weighted by atomic mass is 9.95. The minimum Gasteiger partial charge on any atom is -0.321 e. The van der Waals surface area contributed by atoms with E-state index >= 15 is 0 Å². The number of anilines is 1. The standard InChI is InChI=1S/C28H18ClF8N5O2/c1-41-24-18(11-38)23(25(43)17-9-15(31)2-3-19(17)29)20(10-21(24)42(12-22(33)34)27(41)39-5-4-30)40-26(44)13-6-14(28(35,36)37)8-16(32)7-13/h2-3,6-10,22H,4-5,12H2,1H3,(H,40,44). The molecule has 16 heteroatoms. The monoisotopic (exact) mass is 643 g/mol. The van der Waals surface area contributed by atoms with Crippen molar-refractivity contribution in [3.05, 3.63) is 92.6 Å². The van der Waals surface area contributed by atoms with Gasteiger partial charge in [0.2, 0.25) is 5.62 Å². The lowest BCUT2D eigenvalue weighted by Crippen LogP contribution is -2.27. The van der Waals surface area contributed by atoms with Crippen molar-refractivity contribution < 1.29 is 44.7 Å². The molecule has 0 unspecified atom stereocenters. The number of hydrogen-bond acceptors (Lipinski definition) is 4. The number of hydrogen-bond donors (Lipinski definition) is 1. The van der Waals surface area contributed by atoms with E-state index in [4.69, 9.17) is 11.6 Å². The first-order valence-corrected chi connectivity index (χ1v) is 12.8. The predicted octanol–water partition coefficient (Wildman–Crippen LogP) is 6.42. The molecule has 0 bridgehead atoms. The number of benzene rings is 3. The molecule has 0 saturated carbocycles. The Kier molecular flexibility index (Phi) is 9.14. The number of aryl methyl sites for hydroxylation is 1. The van der Waals surface area contributed by atoms with Crippen molar-refractivity contribution in [2.24, 2.45) is 12.0 Å². The van der Waals surface area contributed by atoms with Gasteiger partial charge in [-0.3, -0.25) is 9.59 Å². The van der Waals surface area contributed by atoms with Crippen LogP contribution in [-0.2, 0) is 19.8 Å². The summed E-state index contributed by atoms with van der Waals surface area (Å²) in [5.41, 5.74) is -5.26. The highest BCUT2D eigenvalue weighted by atomic mass is 35.5. The van der Waals surface area contributed by atoms with Crippen LogP contribution in [0.25, 0.3) is 11.0 Å². The fraction of sp³-hybridized carbons (Fsp3) is 0.214.